The summed E-state index contributed by atoms with van der Waals surface area (Å²) in [6, 6.07) is 0. The summed E-state index contributed by atoms with van der Waals surface area (Å²) in [4.78, 5) is 0. The summed E-state index contributed by atoms with van der Waals surface area (Å²) in [5.41, 5.74) is 1.73. The number of aliphatic hydroxyl groups is 2. The molecule has 0 saturated heterocycles. The second kappa shape index (κ2) is 6.65. The summed E-state index contributed by atoms with van der Waals surface area (Å²) in [7, 11) is 0. The third-order valence-corrected chi connectivity index (χ3v) is 7.21. The molecule has 0 radical (unpaired) electrons. The van der Waals surface area contributed by atoms with E-state index in [0.717, 1.165) is 24.3 Å². The van der Waals surface area contributed by atoms with Crippen molar-refractivity contribution in [3.05, 3.63) is 11.6 Å². The van der Waals surface area contributed by atoms with Crippen LogP contribution in [0.4, 0.5) is 0 Å². The standard InChI is InChI=1S/C20H36O2/c1-6-14(2)17(22)12-16-15(13-21)8-9-18-19(3,4)10-7-11-20(16,18)5/h6,15-18,21-22H,7-13H2,1-5H3. The van der Waals surface area contributed by atoms with Crippen molar-refractivity contribution >= 4 is 0 Å². The Morgan fingerprint density at radius 2 is 1.91 bits per heavy atom. The molecule has 0 spiro atoms. The van der Waals surface area contributed by atoms with E-state index >= 15 is 0 Å². The monoisotopic (exact) mass is 308 g/mol. The molecular formula is C20H36O2. The molecule has 0 bridgehead atoms. The topological polar surface area (TPSA) is 40.5 Å². The van der Waals surface area contributed by atoms with Gasteiger partial charge in [0, 0.05) is 6.61 Å². The summed E-state index contributed by atoms with van der Waals surface area (Å²) in [6.45, 7) is 11.6. The summed E-state index contributed by atoms with van der Waals surface area (Å²) >= 11 is 0. The van der Waals surface area contributed by atoms with E-state index in [2.05, 4.69) is 20.8 Å². The van der Waals surface area contributed by atoms with Gasteiger partial charge in [-0.25, -0.2) is 0 Å². The van der Waals surface area contributed by atoms with Gasteiger partial charge in [-0.3, -0.25) is 0 Å². The van der Waals surface area contributed by atoms with E-state index in [1.165, 1.54) is 25.7 Å². The van der Waals surface area contributed by atoms with Crippen molar-refractivity contribution in [2.24, 2.45) is 28.6 Å². The minimum absolute atomic E-state index is 0.266. The first-order valence-electron chi connectivity index (χ1n) is 9.18. The maximum Gasteiger partial charge on any atom is 0.0750 e. The molecule has 128 valence electrons. The predicted molar refractivity (Wildman–Crippen MR) is 92.6 cm³/mol. The van der Waals surface area contributed by atoms with E-state index < -0.39 is 0 Å². The van der Waals surface area contributed by atoms with Crippen LogP contribution in [0.3, 0.4) is 0 Å². The van der Waals surface area contributed by atoms with Crippen molar-refractivity contribution < 1.29 is 10.2 Å². The molecule has 5 atom stereocenters. The lowest BCUT2D eigenvalue weighted by molar-refractivity contribution is -0.115. The number of rotatable bonds is 4. The highest BCUT2D eigenvalue weighted by Crippen LogP contribution is 2.62. The minimum atomic E-state index is -0.357. The Morgan fingerprint density at radius 3 is 2.50 bits per heavy atom. The normalized spacial score (nSPS) is 40.1. The van der Waals surface area contributed by atoms with Crippen LogP contribution in [0.1, 0.15) is 73.1 Å². The Kier molecular flexibility index (Phi) is 5.44. The van der Waals surface area contributed by atoms with Crippen LogP contribution in [0.5, 0.6) is 0 Å². The van der Waals surface area contributed by atoms with Crippen molar-refractivity contribution in [1.29, 1.82) is 0 Å². The second-order valence-electron chi connectivity index (χ2n) is 8.81. The predicted octanol–water partition coefficient (Wildman–Crippen LogP) is 4.55. The number of hydrogen-bond donors (Lipinski definition) is 2. The van der Waals surface area contributed by atoms with Gasteiger partial charge in [-0.15, -0.1) is 0 Å². The van der Waals surface area contributed by atoms with Crippen LogP contribution in [0.15, 0.2) is 11.6 Å². The van der Waals surface area contributed by atoms with E-state index in [1.54, 1.807) is 0 Å². The third-order valence-electron chi connectivity index (χ3n) is 7.21. The van der Waals surface area contributed by atoms with Gasteiger partial charge in [0.15, 0.2) is 0 Å². The molecule has 5 unspecified atom stereocenters. The van der Waals surface area contributed by atoms with Gasteiger partial charge in [-0.1, -0.05) is 33.3 Å². The molecule has 2 aliphatic rings. The molecule has 2 aliphatic carbocycles. The quantitative estimate of drug-likeness (QED) is 0.748. The molecule has 0 aromatic carbocycles. The fourth-order valence-corrected chi connectivity index (χ4v) is 5.75. The van der Waals surface area contributed by atoms with Gasteiger partial charge in [0.05, 0.1) is 6.10 Å². The van der Waals surface area contributed by atoms with Crippen LogP contribution < -0.4 is 0 Å². The average Bonchev–Trinajstić information content (AvgIpc) is 2.46. The highest BCUT2D eigenvalue weighted by molar-refractivity contribution is 5.08. The van der Waals surface area contributed by atoms with E-state index in [9.17, 15) is 10.2 Å². The number of aliphatic hydroxyl groups excluding tert-OH is 2. The van der Waals surface area contributed by atoms with Gasteiger partial charge < -0.3 is 10.2 Å². The zero-order valence-electron chi connectivity index (χ0n) is 15.2. The van der Waals surface area contributed by atoms with E-state index in [4.69, 9.17) is 0 Å². The van der Waals surface area contributed by atoms with Gasteiger partial charge in [0.1, 0.15) is 0 Å². The maximum atomic E-state index is 10.6. The molecule has 2 saturated carbocycles. The number of hydrogen-bond acceptors (Lipinski definition) is 2. The van der Waals surface area contributed by atoms with Crippen molar-refractivity contribution in [2.45, 2.75) is 79.2 Å². The number of fused-ring (bicyclic) bond motifs is 1. The largest absolute Gasteiger partial charge is 0.396 e. The van der Waals surface area contributed by atoms with Crippen molar-refractivity contribution in [3.8, 4) is 0 Å². The summed E-state index contributed by atoms with van der Waals surface area (Å²) in [5, 5.41) is 20.5. The molecule has 2 rings (SSSR count). The Morgan fingerprint density at radius 1 is 1.23 bits per heavy atom. The van der Waals surface area contributed by atoms with Crippen molar-refractivity contribution in [1.82, 2.24) is 0 Å². The Labute approximate surface area is 137 Å². The molecule has 0 aromatic heterocycles. The molecular weight excluding hydrogens is 272 g/mol. The lowest BCUT2D eigenvalue weighted by Crippen LogP contribution is -2.53. The minimum Gasteiger partial charge on any atom is -0.396 e. The summed E-state index contributed by atoms with van der Waals surface area (Å²) < 4.78 is 0. The number of allylic oxidation sites excluding steroid dienone is 1. The van der Waals surface area contributed by atoms with Crippen LogP contribution >= 0.6 is 0 Å². The molecule has 0 amide bonds. The lowest BCUT2D eigenvalue weighted by atomic mass is 9.46. The molecule has 2 heteroatoms. The van der Waals surface area contributed by atoms with Gasteiger partial charge in [0.2, 0.25) is 0 Å². The summed E-state index contributed by atoms with van der Waals surface area (Å²) in [6.07, 6.45) is 8.69. The van der Waals surface area contributed by atoms with Crippen molar-refractivity contribution in [2.75, 3.05) is 6.61 Å². The lowest BCUT2D eigenvalue weighted by Gasteiger charge is -2.59. The van der Waals surface area contributed by atoms with E-state index in [1.807, 2.05) is 19.9 Å². The first kappa shape index (κ1) is 18.0. The fourth-order valence-electron chi connectivity index (χ4n) is 5.75. The highest BCUT2D eigenvalue weighted by atomic mass is 16.3. The van der Waals surface area contributed by atoms with Crippen LogP contribution in [0.25, 0.3) is 0 Å². The third kappa shape index (κ3) is 3.14. The van der Waals surface area contributed by atoms with Gasteiger partial charge in [-0.05, 0) is 80.1 Å². The van der Waals surface area contributed by atoms with Gasteiger partial charge >= 0.3 is 0 Å². The maximum absolute atomic E-state index is 10.6. The first-order valence-corrected chi connectivity index (χ1v) is 9.18. The zero-order valence-corrected chi connectivity index (χ0v) is 15.2. The molecule has 0 heterocycles. The highest BCUT2D eigenvalue weighted by Gasteiger charge is 2.54. The molecule has 0 aromatic rings. The SMILES string of the molecule is CC=C(C)C(O)CC1C(CO)CCC2C(C)(C)CCCC12C. The van der Waals surface area contributed by atoms with Crippen molar-refractivity contribution in [3.63, 3.8) is 0 Å². The van der Waals surface area contributed by atoms with Crippen LogP contribution in [-0.4, -0.2) is 22.9 Å². The van der Waals surface area contributed by atoms with Gasteiger partial charge in [-0.2, -0.15) is 0 Å². The van der Waals surface area contributed by atoms with Crippen LogP contribution in [0.2, 0.25) is 0 Å². The van der Waals surface area contributed by atoms with E-state index in [0.29, 0.717) is 17.3 Å². The van der Waals surface area contributed by atoms with Gasteiger partial charge in [0.25, 0.3) is 0 Å². The molecule has 22 heavy (non-hydrogen) atoms. The van der Waals surface area contributed by atoms with E-state index in [-0.39, 0.29) is 18.1 Å². The molecule has 2 N–H and O–H groups in total. The summed E-state index contributed by atoms with van der Waals surface area (Å²) in [5.74, 6) is 1.51. The Balaban J connectivity index is 2.29. The zero-order chi connectivity index (χ0) is 16.5. The first-order chi connectivity index (χ1) is 10.3. The molecule has 2 nitrogen and oxygen atoms in total. The molecule has 2 fully saturated rings. The second-order valence-corrected chi connectivity index (χ2v) is 8.81. The smallest absolute Gasteiger partial charge is 0.0750 e. The molecule has 0 aliphatic heterocycles. The average molecular weight is 309 g/mol. The van der Waals surface area contributed by atoms with Crippen LogP contribution in [0, 0.1) is 28.6 Å². The Hall–Kier alpha value is -0.340. The fraction of sp³-hybridized carbons (Fsp3) is 0.900. The Bertz CT molecular complexity index is 412. The van der Waals surface area contributed by atoms with Crippen LogP contribution in [-0.2, 0) is 0 Å².